The molecule has 0 radical (unpaired) electrons. The summed E-state index contributed by atoms with van der Waals surface area (Å²) in [5.74, 6) is -3.40. The summed E-state index contributed by atoms with van der Waals surface area (Å²) in [6.45, 7) is 4.47. The van der Waals surface area contributed by atoms with E-state index in [1.54, 1.807) is 24.4 Å². The van der Waals surface area contributed by atoms with Gasteiger partial charge >= 0.3 is 11.9 Å². The number of nitrogens with zero attached hydrogens (tertiary/aromatic N) is 1. The summed E-state index contributed by atoms with van der Waals surface area (Å²) in [7, 11) is 0. The van der Waals surface area contributed by atoms with Gasteiger partial charge in [-0.2, -0.15) is 0 Å². The van der Waals surface area contributed by atoms with Crippen molar-refractivity contribution in [2.75, 3.05) is 18.5 Å². The van der Waals surface area contributed by atoms with Gasteiger partial charge < -0.3 is 14.8 Å². The van der Waals surface area contributed by atoms with E-state index in [-0.39, 0.29) is 28.3 Å². The first-order valence-electron chi connectivity index (χ1n) is 11.5. The molecule has 10 heteroatoms. The van der Waals surface area contributed by atoms with E-state index in [2.05, 4.69) is 5.32 Å². The van der Waals surface area contributed by atoms with Crippen LogP contribution in [0.3, 0.4) is 0 Å². The van der Waals surface area contributed by atoms with Gasteiger partial charge in [0.25, 0.3) is 17.7 Å². The Balaban J connectivity index is 1.44. The number of carbonyl (C=O) groups is 5. The monoisotopic (exact) mass is 520 g/mol. The van der Waals surface area contributed by atoms with Gasteiger partial charge in [0.15, 0.2) is 6.61 Å². The Kier molecular flexibility index (Phi) is 7.49. The highest BCUT2D eigenvalue weighted by atomic mass is 32.1. The molecule has 2 aromatic carbocycles. The standard InChI is InChI=1S/C27H24N2O7S/c1-4-35-27(34)22-20(17-11-9-15(2)10-12-17)14-37-23(22)28-21(30)13-36-26(33)16(3)29-24(31)18-7-5-6-8-19(18)25(29)32/h5-12,14,16H,4,13H2,1-3H3,(H,28,30)/t16-/m0/s1. The zero-order chi connectivity index (χ0) is 26.7. The summed E-state index contributed by atoms with van der Waals surface area (Å²) in [6.07, 6.45) is 0. The number of anilines is 1. The number of thiophene rings is 1. The second kappa shape index (κ2) is 10.8. The van der Waals surface area contributed by atoms with Crippen LogP contribution in [-0.4, -0.2) is 53.8 Å². The van der Waals surface area contributed by atoms with Gasteiger partial charge in [0.05, 0.1) is 17.7 Å². The third kappa shape index (κ3) is 5.14. The Labute approximate surface area is 217 Å². The fourth-order valence-electron chi connectivity index (χ4n) is 3.89. The lowest BCUT2D eigenvalue weighted by atomic mass is 10.0. The van der Waals surface area contributed by atoms with Crippen LogP contribution in [0.4, 0.5) is 5.00 Å². The number of rotatable bonds is 8. The molecule has 37 heavy (non-hydrogen) atoms. The quantitative estimate of drug-likeness (QED) is 0.351. The molecule has 3 amide bonds. The lowest BCUT2D eigenvalue weighted by Gasteiger charge is -2.20. The first-order chi connectivity index (χ1) is 17.7. The number of aryl methyl sites for hydroxylation is 1. The van der Waals surface area contributed by atoms with Crippen molar-refractivity contribution in [1.82, 2.24) is 4.90 Å². The van der Waals surface area contributed by atoms with Crippen molar-refractivity contribution in [3.05, 3.63) is 76.2 Å². The molecule has 1 aliphatic rings. The first-order valence-corrected chi connectivity index (χ1v) is 12.4. The fraction of sp³-hybridized carbons (Fsp3) is 0.222. The van der Waals surface area contributed by atoms with Gasteiger partial charge in [0.1, 0.15) is 16.6 Å². The van der Waals surface area contributed by atoms with E-state index in [1.165, 1.54) is 19.1 Å². The highest BCUT2D eigenvalue weighted by Gasteiger charge is 2.41. The number of imide groups is 1. The summed E-state index contributed by atoms with van der Waals surface area (Å²) in [4.78, 5) is 63.9. The number of esters is 2. The van der Waals surface area contributed by atoms with E-state index in [9.17, 15) is 24.0 Å². The molecular formula is C27H24N2O7S. The van der Waals surface area contributed by atoms with Gasteiger partial charge in [0, 0.05) is 10.9 Å². The number of benzene rings is 2. The lowest BCUT2D eigenvalue weighted by molar-refractivity contribution is -0.150. The first kappa shape index (κ1) is 25.8. The molecule has 1 N–H and O–H groups in total. The van der Waals surface area contributed by atoms with Crippen molar-refractivity contribution >= 4 is 46.0 Å². The lowest BCUT2D eigenvalue weighted by Crippen LogP contribution is -2.44. The molecule has 190 valence electrons. The van der Waals surface area contributed by atoms with Crippen LogP contribution in [0, 0.1) is 6.92 Å². The van der Waals surface area contributed by atoms with Gasteiger partial charge in [-0.1, -0.05) is 42.0 Å². The Hall–Kier alpha value is -4.31. The SMILES string of the molecule is CCOC(=O)c1c(-c2ccc(C)cc2)csc1NC(=O)COC(=O)[C@H](C)N1C(=O)c2ccccc2C1=O. The van der Waals surface area contributed by atoms with E-state index in [4.69, 9.17) is 9.47 Å². The molecule has 1 atom stereocenters. The third-order valence-electron chi connectivity index (χ3n) is 5.79. The molecule has 1 aromatic heterocycles. The predicted molar refractivity (Wildman–Crippen MR) is 136 cm³/mol. The predicted octanol–water partition coefficient (Wildman–Crippen LogP) is 4.07. The van der Waals surface area contributed by atoms with E-state index < -0.39 is 42.3 Å². The van der Waals surface area contributed by atoms with E-state index in [1.807, 2.05) is 31.2 Å². The van der Waals surface area contributed by atoms with Crippen molar-refractivity contribution in [1.29, 1.82) is 0 Å². The Bertz CT molecular complexity index is 1360. The van der Waals surface area contributed by atoms with Crippen molar-refractivity contribution in [3.63, 3.8) is 0 Å². The van der Waals surface area contributed by atoms with E-state index in [0.717, 1.165) is 27.4 Å². The van der Waals surface area contributed by atoms with Gasteiger partial charge in [-0.05, 0) is 38.5 Å². The molecule has 0 aliphatic carbocycles. The van der Waals surface area contributed by atoms with Gasteiger partial charge in [0.2, 0.25) is 0 Å². The molecule has 3 aromatic rings. The van der Waals surface area contributed by atoms with Gasteiger partial charge in [-0.3, -0.25) is 19.3 Å². The summed E-state index contributed by atoms with van der Waals surface area (Å²) in [5, 5.41) is 4.59. The Morgan fingerprint density at radius 1 is 0.946 bits per heavy atom. The summed E-state index contributed by atoms with van der Waals surface area (Å²) in [6, 6.07) is 12.6. The maximum Gasteiger partial charge on any atom is 0.341 e. The Morgan fingerprint density at radius 3 is 2.16 bits per heavy atom. The summed E-state index contributed by atoms with van der Waals surface area (Å²) >= 11 is 1.14. The van der Waals surface area contributed by atoms with Gasteiger partial charge in [-0.25, -0.2) is 9.59 Å². The normalized spacial score (nSPS) is 13.2. The average molecular weight is 521 g/mol. The minimum Gasteiger partial charge on any atom is -0.462 e. The zero-order valence-electron chi connectivity index (χ0n) is 20.4. The fourth-order valence-corrected chi connectivity index (χ4v) is 4.86. The minimum absolute atomic E-state index is 0.155. The molecule has 9 nitrogen and oxygen atoms in total. The van der Waals surface area contributed by atoms with E-state index >= 15 is 0 Å². The van der Waals surface area contributed by atoms with Crippen LogP contribution >= 0.6 is 11.3 Å². The number of nitrogens with one attached hydrogen (secondary N) is 1. The maximum absolute atomic E-state index is 12.7. The number of hydrogen-bond donors (Lipinski definition) is 1. The second-order valence-electron chi connectivity index (χ2n) is 8.30. The molecule has 0 saturated carbocycles. The van der Waals surface area contributed by atoms with Crippen LogP contribution in [0.2, 0.25) is 0 Å². The zero-order valence-corrected chi connectivity index (χ0v) is 21.2. The number of hydrogen-bond acceptors (Lipinski definition) is 8. The van der Waals surface area contributed by atoms with Crippen molar-refractivity contribution in [2.24, 2.45) is 0 Å². The van der Waals surface area contributed by atoms with Gasteiger partial charge in [-0.15, -0.1) is 11.3 Å². The van der Waals surface area contributed by atoms with E-state index in [0.29, 0.717) is 5.56 Å². The molecule has 0 saturated heterocycles. The average Bonchev–Trinajstić information content (AvgIpc) is 3.41. The number of ether oxygens (including phenoxy) is 2. The third-order valence-corrected chi connectivity index (χ3v) is 6.68. The molecule has 0 spiro atoms. The second-order valence-corrected chi connectivity index (χ2v) is 9.18. The Morgan fingerprint density at radius 2 is 1.57 bits per heavy atom. The molecule has 1 aliphatic heterocycles. The highest BCUT2D eigenvalue weighted by molar-refractivity contribution is 7.15. The number of carbonyl (C=O) groups excluding carboxylic acids is 5. The maximum atomic E-state index is 12.7. The van der Waals surface area contributed by atoms with Crippen LogP contribution in [0.5, 0.6) is 0 Å². The molecule has 0 unspecified atom stereocenters. The number of amides is 3. The molecule has 2 heterocycles. The molecule has 0 bridgehead atoms. The number of fused-ring (bicyclic) bond motifs is 1. The van der Waals surface area contributed by atoms with Crippen molar-refractivity contribution in [2.45, 2.75) is 26.8 Å². The highest BCUT2D eigenvalue weighted by Crippen LogP contribution is 2.36. The minimum atomic E-state index is -1.23. The summed E-state index contributed by atoms with van der Waals surface area (Å²) in [5.41, 5.74) is 3.07. The molecule has 0 fully saturated rings. The van der Waals surface area contributed by atoms with Crippen LogP contribution in [0.15, 0.2) is 53.9 Å². The van der Waals surface area contributed by atoms with Crippen molar-refractivity contribution < 1.29 is 33.4 Å². The van der Waals surface area contributed by atoms with Crippen molar-refractivity contribution in [3.8, 4) is 11.1 Å². The van der Waals surface area contributed by atoms with Crippen LogP contribution in [0.1, 0.15) is 50.5 Å². The largest absolute Gasteiger partial charge is 0.462 e. The summed E-state index contributed by atoms with van der Waals surface area (Å²) < 4.78 is 10.3. The van der Waals surface area contributed by atoms with Crippen LogP contribution in [-0.2, 0) is 19.1 Å². The molecular weight excluding hydrogens is 496 g/mol. The van der Waals surface area contributed by atoms with Crippen LogP contribution in [0.25, 0.3) is 11.1 Å². The molecule has 4 rings (SSSR count). The van der Waals surface area contributed by atoms with Crippen LogP contribution < -0.4 is 5.32 Å². The smallest absolute Gasteiger partial charge is 0.341 e. The topological polar surface area (TPSA) is 119 Å².